The number of carbonyl (C=O) groups is 1. The van der Waals surface area contributed by atoms with Crippen molar-refractivity contribution in [2.75, 3.05) is 11.9 Å². The van der Waals surface area contributed by atoms with Gasteiger partial charge >= 0.3 is 6.09 Å². The summed E-state index contributed by atoms with van der Waals surface area (Å²) in [6.45, 7) is 4.34. The molecule has 1 N–H and O–H groups in total. The van der Waals surface area contributed by atoms with Crippen LogP contribution in [-0.2, 0) is 11.2 Å². The molecular weight excluding hydrogens is 202 g/mol. The molecule has 1 aromatic rings. The molecule has 0 aliphatic carbocycles. The minimum atomic E-state index is -0.383. The van der Waals surface area contributed by atoms with E-state index in [4.69, 9.17) is 4.74 Å². The van der Waals surface area contributed by atoms with Crippen LogP contribution in [0.3, 0.4) is 0 Å². The fourth-order valence-electron chi connectivity index (χ4n) is 1.50. The van der Waals surface area contributed by atoms with E-state index in [2.05, 4.69) is 12.2 Å². The van der Waals surface area contributed by atoms with Crippen LogP contribution < -0.4 is 5.32 Å². The van der Waals surface area contributed by atoms with Gasteiger partial charge in [-0.3, -0.25) is 5.32 Å². The van der Waals surface area contributed by atoms with Crippen LogP contribution in [0.25, 0.3) is 0 Å². The highest BCUT2D eigenvalue weighted by molar-refractivity contribution is 5.85. The maximum Gasteiger partial charge on any atom is 0.411 e. The number of anilines is 1. The maximum absolute atomic E-state index is 11.3. The smallest absolute Gasteiger partial charge is 0.411 e. The summed E-state index contributed by atoms with van der Waals surface area (Å²) in [4.78, 5) is 11.3. The van der Waals surface area contributed by atoms with Gasteiger partial charge in [-0.05, 0) is 31.4 Å². The monoisotopic (exact) mass is 221 g/mol. The SMILES string of the molecule is CCCCc1ccccc1NC(=O)OCC. The fourth-order valence-corrected chi connectivity index (χ4v) is 1.50. The fraction of sp³-hybridized carbons (Fsp3) is 0.462. The third-order valence-corrected chi connectivity index (χ3v) is 2.33. The molecule has 0 aromatic heterocycles. The average molecular weight is 221 g/mol. The number of rotatable bonds is 5. The van der Waals surface area contributed by atoms with E-state index in [-0.39, 0.29) is 6.09 Å². The van der Waals surface area contributed by atoms with Crippen molar-refractivity contribution in [3.05, 3.63) is 29.8 Å². The van der Waals surface area contributed by atoms with E-state index in [9.17, 15) is 4.79 Å². The zero-order valence-electron chi connectivity index (χ0n) is 9.95. The molecule has 88 valence electrons. The molecule has 1 amide bonds. The normalized spacial score (nSPS) is 9.88. The predicted molar refractivity (Wildman–Crippen MR) is 65.7 cm³/mol. The van der Waals surface area contributed by atoms with Gasteiger partial charge in [0.2, 0.25) is 0 Å². The van der Waals surface area contributed by atoms with Crippen LogP contribution in [0.2, 0.25) is 0 Å². The molecule has 0 heterocycles. The van der Waals surface area contributed by atoms with Crippen molar-refractivity contribution in [3.63, 3.8) is 0 Å². The van der Waals surface area contributed by atoms with Gasteiger partial charge in [-0.1, -0.05) is 31.5 Å². The van der Waals surface area contributed by atoms with Gasteiger partial charge in [0.05, 0.1) is 6.61 Å². The van der Waals surface area contributed by atoms with Gasteiger partial charge in [-0.15, -0.1) is 0 Å². The molecule has 0 spiro atoms. The van der Waals surface area contributed by atoms with E-state index in [1.54, 1.807) is 6.92 Å². The van der Waals surface area contributed by atoms with Gasteiger partial charge in [0.25, 0.3) is 0 Å². The average Bonchev–Trinajstić information content (AvgIpc) is 2.28. The molecule has 0 atom stereocenters. The van der Waals surface area contributed by atoms with E-state index in [0.717, 1.165) is 30.5 Å². The highest BCUT2D eigenvalue weighted by Crippen LogP contribution is 2.17. The number of hydrogen-bond donors (Lipinski definition) is 1. The van der Waals surface area contributed by atoms with Crippen LogP contribution >= 0.6 is 0 Å². The van der Waals surface area contributed by atoms with Crippen molar-refractivity contribution in [2.24, 2.45) is 0 Å². The molecule has 3 nitrogen and oxygen atoms in total. The van der Waals surface area contributed by atoms with Crippen LogP contribution in [0.5, 0.6) is 0 Å². The molecule has 3 heteroatoms. The van der Waals surface area contributed by atoms with Crippen molar-refractivity contribution in [1.82, 2.24) is 0 Å². The van der Waals surface area contributed by atoms with Crippen molar-refractivity contribution in [2.45, 2.75) is 33.1 Å². The second-order valence-corrected chi connectivity index (χ2v) is 3.61. The van der Waals surface area contributed by atoms with Gasteiger partial charge in [0.1, 0.15) is 0 Å². The van der Waals surface area contributed by atoms with Gasteiger partial charge < -0.3 is 4.74 Å². The van der Waals surface area contributed by atoms with Crippen LogP contribution in [-0.4, -0.2) is 12.7 Å². The Labute approximate surface area is 96.8 Å². The second-order valence-electron chi connectivity index (χ2n) is 3.61. The van der Waals surface area contributed by atoms with Gasteiger partial charge in [0, 0.05) is 5.69 Å². The van der Waals surface area contributed by atoms with E-state index in [0.29, 0.717) is 6.61 Å². The number of carbonyl (C=O) groups excluding carboxylic acids is 1. The first-order chi connectivity index (χ1) is 7.77. The summed E-state index contributed by atoms with van der Waals surface area (Å²) in [6, 6.07) is 7.84. The van der Waals surface area contributed by atoms with E-state index in [1.165, 1.54) is 0 Å². The van der Waals surface area contributed by atoms with E-state index >= 15 is 0 Å². The summed E-state index contributed by atoms with van der Waals surface area (Å²) >= 11 is 0. The third-order valence-electron chi connectivity index (χ3n) is 2.33. The van der Waals surface area contributed by atoms with Crippen LogP contribution in [0.4, 0.5) is 10.5 Å². The Kier molecular flexibility index (Phi) is 5.40. The van der Waals surface area contributed by atoms with Crippen LogP contribution in [0, 0.1) is 0 Å². The zero-order chi connectivity index (χ0) is 11.8. The molecule has 1 rings (SSSR count). The lowest BCUT2D eigenvalue weighted by Crippen LogP contribution is -2.14. The molecule has 0 saturated carbocycles. The molecule has 0 radical (unpaired) electrons. The Morgan fingerprint density at radius 3 is 2.75 bits per heavy atom. The van der Waals surface area contributed by atoms with Crippen molar-refractivity contribution in [3.8, 4) is 0 Å². The molecule has 0 fully saturated rings. The zero-order valence-corrected chi connectivity index (χ0v) is 9.95. The predicted octanol–water partition coefficient (Wildman–Crippen LogP) is 3.60. The number of ether oxygens (including phenoxy) is 1. The number of para-hydroxylation sites is 1. The molecule has 0 bridgehead atoms. The van der Waals surface area contributed by atoms with E-state index < -0.39 is 0 Å². The van der Waals surface area contributed by atoms with Gasteiger partial charge in [0.15, 0.2) is 0 Å². The lowest BCUT2D eigenvalue weighted by atomic mass is 10.1. The number of unbranched alkanes of at least 4 members (excludes halogenated alkanes) is 1. The largest absolute Gasteiger partial charge is 0.450 e. The Bertz CT molecular complexity index is 336. The molecule has 0 aliphatic heterocycles. The van der Waals surface area contributed by atoms with Gasteiger partial charge in [-0.25, -0.2) is 4.79 Å². The second kappa shape index (κ2) is 6.88. The Morgan fingerprint density at radius 1 is 1.31 bits per heavy atom. The lowest BCUT2D eigenvalue weighted by Gasteiger charge is -2.10. The number of aryl methyl sites for hydroxylation is 1. The van der Waals surface area contributed by atoms with Crippen molar-refractivity contribution in [1.29, 1.82) is 0 Å². The third kappa shape index (κ3) is 3.93. The number of nitrogens with one attached hydrogen (secondary N) is 1. The topological polar surface area (TPSA) is 38.3 Å². The summed E-state index contributed by atoms with van der Waals surface area (Å²) in [6.07, 6.45) is 2.88. The summed E-state index contributed by atoms with van der Waals surface area (Å²) in [7, 11) is 0. The Morgan fingerprint density at radius 2 is 2.06 bits per heavy atom. The standard InChI is InChI=1S/C13H19NO2/c1-3-5-8-11-9-6-7-10-12(11)14-13(15)16-4-2/h6-7,9-10H,3-5,8H2,1-2H3,(H,14,15). The number of benzene rings is 1. The van der Waals surface area contributed by atoms with Crippen molar-refractivity contribution < 1.29 is 9.53 Å². The summed E-state index contributed by atoms with van der Waals surface area (Å²) < 4.78 is 4.86. The first-order valence-corrected chi connectivity index (χ1v) is 5.79. The highest BCUT2D eigenvalue weighted by Gasteiger charge is 2.05. The Hall–Kier alpha value is -1.51. The Balaban J connectivity index is 2.66. The highest BCUT2D eigenvalue weighted by atomic mass is 16.5. The maximum atomic E-state index is 11.3. The number of hydrogen-bond acceptors (Lipinski definition) is 2. The van der Waals surface area contributed by atoms with Crippen LogP contribution in [0.1, 0.15) is 32.3 Å². The molecule has 1 aromatic carbocycles. The molecule has 0 aliphatic rings. The molecule has 0 saturated heterocycles. The molecule has 16 heavy (non-hydrogen) atoms. The minimum Gasteiger partial charge on any atom is -0.450 e. The first kappa shape index (κ1) is 12.6. The lowest BCUT2D eigenvalue weighted by molar-refractivity contribution is 0.168. The number of amides is 1. The molecular formula is C13H19NO2. The summed E-state index contributed by atoms with van der Waals surface area (Å²) in [5.74, 6) is 0. The van der Waals surface area contributed by atoms with Crippen LogP contribution in [0.15, 0.2) is 24.3 Å². The van der Waals surface area contributed by atoms with Gasteiger partial charge in [-0.2, -0.15) is 0 Å². The first-order valence-electron chi connectivity index (χ1n) is 5.79. The summed E-state index contributed by atoms with van der Waals surface area (Å²) in [5, 5.41) is 2.76. The van der Waals surface area contributed by atoms with Crippen molar-refractivity contribution >= 4 is 11.8 Å². The minimum absolute atomic E-state index is 0.383. The summed E-state index contributed by atoms with van der Waals surface area (Å²) in [5.41, 5.74) is 2.02. The quantitative estimate of drug-likeness (QED) is 0.825. The van der Waals surface area contributed by atoms with E-state index in [1.807, 2.05) is 24.3 Å². The molecule has 0 unspecified atom stereocenters.